The van der Waals surface area contributed by atoms with Crippen LogP contribution in [0.25, 0.3) is 22.4 Å². The molecule has 10 nitrogen and oxygen atoms in total. The van der Waals surface area contributed by atoms with Crippen LogP contribution in [-0.2, 0) is 20.5 Å². The van der Waals surface area contributed by atoms with Gasteiger partial charge < -0.3 is 25.0 Å². The summed E-state index contributed by atoms with van der Waals surface area (Å²) in [6.45, 7) is 4.75. The van der Waals surface area contributed by atoms with Gasteiger partial charge in [-0.3, -0.25) is 9.48 Å². The predicted octanol–water partition coefficient (Wildman–Crippen LogP) is 2.90. The number of carbonyl (C=O) groups excluding carboxylic acids is 1. The van der Waals surface area contributed by atoms with Crippen LogP contribution in [0.3, 0.4) is 0 Å². The maximum Gasteiger partial charge on any atom is 0.274 e. The Kier molecular flexibility index (Phi) is 6.47. The second-order valence-electron chi connectivity index (χ2n) is 10.4. The first-order valence-corrected chi connectivity index (χ1v) is 12.5. The molecule has 0 aliphatic carbocycles. The third-order valence-electron chi connectivity index (χ3n) is 6.76. The summed E-state index contributed by atoms with van der Waals surface area (Å²) in [6, 6.07) is 11.0. The van der Waals surface area contributed by atoms with E-state index in [1.54, 1.807) is 30.7 Å². The molecule has 1 atom stereocenters. The number of aliphatic hydroxyl groups is 2. The lowest BCUT2D eigenvalue weighted by Gasteiger charge is -2.22. The Morgan fingerprint density at radius 3 is 2.65 bits per heavy atom. The number of fused-ring (bicyclic) bond motifs is 1. The topological polar surface area (TPSA) is 121 Å². The smallest absolute Gasteiger partial charge is 0.274 e. The Bertz CT molecular complexity index is 1450. The van der Waals surface area contributed by atoms with E-state index >= 15 is 0 Å². The number of amides is 1. The lowest BCUT2D eigenvalue weighted by molar-refractivity contribution is 0.0706. The van der Waals surface area contributed by atoms with E-state index in [9.17, 15) is 15.0 Å². The van der Waals surface area contributed by atoms with Crippen molar-refractivity contribution in [1.29, 1.82) is 0 Å². The van der Waals surface area contributed by atoms with Crippen LogP contribution in [0.5, 0.6) is 0 Å². The Balaban J connectivity index is 1.49. The number of aryl methyl sites for hydroxylation is 3. The molecule has 0 saturated carbocycles. The van der Waals surface area contributed by atoms with Gasteiger partial charge in [0, 0.05) is 39.8 Å². The van der Waals surface area contributed by atoms with Gasteiger partial charge >= 0.3 is 0 Å². The predicted molar refractivity (Wildman–Crippen MR) is 143 cm³/mol. The Morgan fingerprint density at radius 2 is 1.97 bits per heavy atom. The van der Waals surface area contributed by atoms with Gasteiger partial charge in [-0.1, -0.05) is 6.07 Å². The van der Waals surface area contributed by atoms with E-state index in [1.165, 1.54) is 0 Å². The maximum atomic E-state index is 13.4. The zero-order valence-corrected chi connectivity index (χ0v) is 21.6. The molecule has 4 aromatic rings. The summed E-state index contributed by atoms with van der Waals surface area (Å²) in [5, 5.41) is 27.8. The third-order valence-corrected chi connectivity index (χ3v) is 6.76. The number of rotatable bonds is 7. The van der Waals surface area contributed by atoms with Crippen LogP contribution in [-0.4, -0.2) is 65.2 Å². The second-order valence-corrected chi connectivity index (χ2v) is 10.4. The zero-order valence-electron chi connectivity index (χ0n) is 21.6. The summed E-state index contributed by atoms with van der Waals surface area (Å²) in [5.74, 6) is 0.528. The fraction of sp³-hybridized carbons (Fsp3) is 0.407. The molecule has 10 heteroatoms. The largest absolute Gasteiger partial charge is 0.391 e. The first-order valence-electron chi connectivity index (χ1n) is 12.5. The molecule has 0 spiro atoms. The number of β-amino-alcohol motifs (C(OH)–C–C–N with tert-alkyl or cyclic N) is 1. The number of benzene rings is 1. The summed E-state index contributed by atoms with van der Waals surface area (Å²) in [4.78, 5) is 24.8. The molecular formula is C27H33N7O3. The van der Waals surface area contributed by atoms with E-state index in [4.69, 9.17) is 4.98 Å². The van der Waals surface area contributed by atoms with E-state index in [-0.39, 0.29) is 11.6 Å². The van der Waals surface area contributed by atoms with Crippen LogP contribution < -0.4 is 10.2 Å². The lowest BCUT2D eigenvalue weighted by atomic mass is 10.0. The molecule has 0 radical (unpaired) electrons. The monoisotopic (exact) mass is 503 g/mol. The highest BCUT2D eigenvalue weighted by Gasteiger charge is 2.25. The Labute approximate surface area is 215 Å². The van der Waals surface area contributed by atoms with Gasteiger partial charge in [-0.2, -0.15) is 5.10 Å². The first-order chi connectivity index (χ1) is 17.6. The molecule has 1 fully saturated rings. The minimum atomic E-state index is -0.787. The first kappa shape index (κ1) is 24.9. The fourth-order valence-electron chi connectivity index (χ4n) is 4.68. The summed E-state index contributed by atoms with van der Waals surface area (Å²) >= 11 is 0. The number of carbonyl (C=O) groups is 1. The number of hydrogen-bond acceptors (Lipinski definition) is 7. The van der Waals surface area contributed by atoms with Crippen molar-refractivity contribution in [1.82, 2.24) is 24.3 Å². The van der Waals surface area contributed by atoms with Crippen molar-refractivity contribution in [2.75, 3.05) is 23.3 Å². The fourth-order valence-corrected chi connectivity index (χ4v) is 4.68. The summed E-state index contributed by atoms with van der Waals surface area (Å²) in [7, 11) is 3.78. The number of aliphatic hydroxyl groups excluding tert-OH is 1. The molecule has 1 aliphatic heterocycles. The highest BCUT2D eigenvalue weighted by atomic mass is 16.3. The molecule has 1 amide bonds. The molecule has 0 bridgehead atoms. The molecule has 0 unspecified atom stereocenters. The summed E-state index contributed by atoms with van der Waals surface area (Å²) in [5.41, 5.74) is 3.93. The van der Waals surface area contributed by atoms with Gasteiger partial charge in [0.15, 0.2) is 0 Å². The average molecular weight is 504 g/mol. The molecule has 1 saturated heterocycles. The van der Waals surface area contributed by atoms with Gasteiger partial charge in [-0.25, -0.2) is 9.97 Å². The minimum absolute atomic E-state index is 0.284. The number of hydrogen-bond donors (Lipinski definition) is 3. The van der Waals surface area contributed by atoms with Crippen molar-refractivity contribution >= 4 is 28.3 Å². The van der Waals surface area contributed by atoms with E-state index in [0.717, 1.165) is 22.5 Å². The quantitative estimate of drug-likeness (QED) is 0.355. The minimum Gasteiger partial charge on any atom is -0.391 e. The van der Waals surface area contributed by atoms with Crippen molar-refractivity contribution in [3.63, 3.8) is 0 Å². The zero-order chi connectivity index (χ0) is 26.3. The van der Waals surface area contributed by atoms with Crippen molar-refractivity contribution < 1.29 is 15.0 Å². The number of aromatic nitrogens is 5. The Hall–Kier alpha value is -3.76. The van der Waals surface area contributed by atoms with Gasteiger partial charge in [0.1, 0.15) is 17.2 Å². The number of imidazole rings is 1. The lowest BCUT2D eigenvalue weighted by Crippen LogP contribution is -2.24. The molecular weight excluding hydrogens is 470 g/mol. The van der Waals surface area contributed by atoms with Crippen molar-refractivity contribution in [3.05, 3.63) is 54.1 Å². The molecule has 37 heavy (non-hydrogen) atoms. The number of pyridine rings is 1. The van der Waals surface area contributed by atoms with Gasteiger partial charge in [0.25, 0.3) is 5.91 Å². The second kappa shape index (κ2) is 9.60. The Morgan fingerprint density at radius 1 is 1.16 bits per heavy atom. The summed E-state index contributed by atoms with van der Waals surface area (Å²) < 4.78 is 3.69. The molecule has 3 N–H and O–H groups in total. The molecule has 194 valence electrons. The van der Waals surface area contributed by atoms with Gasteiger partial charge in [0.05, 0.1) is 39.8 Å². The van der Waals surface area contributed by atoms with E-state index in [1.807, 2.05) is 49.1 Å². The van der Waals surface area contributed by atoms with Gasteiger partial charge in [0.2, 0.25) is 0 Å². The van der Waals surface area contributed by atoms with Crippen LogP contribution in [0, 0.1) is 0 Å². The molecule has 1 aromatic carbocycles. The summed E-state index contributed by atoms with van der Waals surface area (Å²) in [6.07, 6.45) is 3.29. The number of nitrogens with one attached hydrogen (secondary N) is 1. The molecule has 3 aromatic heterocycles. The highest BCUT2D eigenvalue weighted by Crippen LogP contribution is 2.34. The normalized spacial score (nSPS) is 16.1. The van der Waals surface area contributed by atoms with E-state index in [0.29, 0.717) is 49.4 Å². The van der Waals surface area contributed by atoms with Gasteiger partial charge in [-0.15, -0.1) is 0 Å². The van der Waals surface area contributed by atoms with Crippen molar-refractivity contribution in [2.24, 2.45) is 14.1 Å². The third kappa shape index (κ3) is 5.35. The van der Waals surface area contributed by atoms with Gasteiger partial charge in [-0.05, 0) is 57.0 Å². The van der Waals surface area contributed by atoms with E-state index < -0.39 is 11.7 Å². The van der Waals surface area contributed by atoms with Crippen LogP contribution in [0.2, 0.25) is 0 Å². The van der Waals surface area contributed by atoms with Crippen molar-refractivity contribution in [2.45, 2.75) is 44.8 Å². The van der Waals surface area contributed by atoms with Crippen LogP contribution in [0.4, 0.5) is 11.4 Å². The van der Waals surface area contributed by atoms with E-state index in [2.05, 4.69) is 20.3 Å². The molecule has 4 heterocycles. The SMILES string of the molecule is Cn1ccc(-c2cccc(C(=O)Nc3cc4c(cc3N3CC[C@@H](O)C3)nc(CCC(C)(C)O)n4C)n2)n1. The van der Waals surface area contributed by atoms with Crippen molar-refractivity contribution in [3.8, 4) is 11.4 Å². The number of nitrogens with zero attached hydrogens (tertiary/aromatic N) is 6. The van der Waals surface area contributed by atoms with Crippen LogP contribution in [0.15, 0.2) is 42.6 Å². The van der Waals surface area contributed by atoms with Crippen LogP contribution >= 0.6 is 0 Å². The molecule has 5 rings (SSSR count). The highest BCUT2D eigenvalue weighted by molar-refractivity contribution is 6.06. The standard InChI is InChI=1S/C27H33N7O3/c1-27(2,37)11-8-25-29-21-15-24(34-13-9-17(35)16-34)22(14-23(21)33(25)4)30-26(36)20-7-5-6-18(28-20)19-10-12-32(3)31-19/h5-7,10,12,14-15,17,35,37H,8-9,11,13,16H2,1-4H3,(H,30,36)/t17-/m1/s1. The maximum absolute atomic E-state index is 13.4. The average Bonchev–Trinajstić information content (AvgIpc) is 3.56. The number of anilines is 2. The molecule has 1 aliphatic rings. The van der Waals surface area contributed by atoms with Crippen LogP contribution in [0.1, 0.15) is 43.0 Å².